The molecule has 0 aliphatic carbocycles. The predicted octanol–water partition coefficient (Wildman–Crippen LogP) is 2.11. The normalized spacial score (nSPS) is 10.9. The number of carboxylic acid groups (broad SMARTS) is 1. The van der Waals surface area contributed by atoms with Crippen molar-refractivity contribution in [2.45, 2.75) is 0 Å². The van der Waals surface area contributed by atoms with Crippen molar-refractivity contribution in [2.75, 3.05) is 0 Å². The first kappa shape index (κ1) is 11.1. The van der Waals surface area contributed by atoms with Crippen LogP contribution >= 0.6 is 0 Å². The summed E-state index contributed by atoms with van der Waals surface area (Å²) in [6, 6.07) is 4.52. The topological polar surface area (TPSA) is 55.1 Å². The fourth-order valence-corrected chi connectivity index (χ4v) is 1.47. The smallest absolute Gasteiger partial charge is 0.328 e. The van der Waals surface area contributed by atoms with E-state index in [1.807, 2.05) is 0 Å². The average Bonchev–Trinajstić information content (AvgIpc) is 2.80. The standard InChI is InChI=1S/C12H9FN2O2/c13-10-2-1-3-11(15-7-6-14-8-15)9(10)4-5-12(16)17/h1-8H,(H,16,17)/b5-4+. The van der Waals surface area contributed by atoms with Crippen molar-refractivity contribution in [3.63, 3.8) is 0 Å². The molecule has 1 heterocycles. The predicted molar refractivity (Wildman–Crippen MR) is 60.2 cm³/mol. The second-order valence-electron chi connectivity index (χ2n) is 3.31. The van der Waals surface area contributed by atoms with Crippen LogP contribution in [0.5, 0.6) is 0 Å². The van der Waals surface area contributed by atoms with Gasteiger partial charge >= 0.3 is 5.97 Å². The fraction of sp³-hybridized carbons (Fsp3) is 0. The number of carboxylic acids is 1. The lowest BCUT2D eigenvalue weighted by Gasteiger charge is -2.07. The number of imidazole rings is 1. The molecule has 0 aliphatic heterocycles. The molecule has 0 bridgehead atoms. The van der Waals surface area contributed by atoms with E-state index in [1.165, 1.54) is 18.5 Å². The maximum atomic E-state index is 13.6. The van der Waals surface area contributed by atoms with Crippen LogP contribution in [0.25, 0.3) is 11.8 Å². The second-order valence-corrected chi connectivity index (χ2v) is 3.31. The van der Waals surface area contributed by atoms with E-state index in [2.05, 4.69) is 4.98 Å². The van der Waals surface area contributed by atoms with E-state index >= 15 is 0 Å². The summed E-state index contributed by atoms with van der Waals surface area (Å²) in [5.74, 6) is -1.60. The van der Waals surface area contributed by atoms with Gasteiger partial charge in [-0.2, -0.15) is 0 Å². The largest absolute Gasteiger partial charge is 0.478 e. The molecule has 0 saturated heterocycles. The van der Waals surface area contributed by atoms with Gasteiger partial charge in [-0.15, -0.1) is 0 Å². The van der Waals surface area contributed by atoms with Gasteiger partial charge in [-0.1, -0.05) is 6.07 Å². The molecule has 2 rings (SSSR count). The number of halogens is 1. The third kappa shape index (κ3) is 2.39. The highest BCUT2D eigenvalue weighted by atomic mass is 19.1. The zero-order valence-corrected chi connectivity index (χ0v) is 8.75. The lowest BCUT2D eigenvalue weighted by Crippen LogP contribution is -1.97. The molecule has 5 heteroatoms. The van der Waals surface area contributed by atoms with E-state index in [1.54, 1.807) is 29.1 Å². The van der Waals surface area contributed by atoms with Gasteiger partial charge in [-0.25, -0.2) is 14.2 Å². The molecule has 0 unspecified atom stereocenters. The van der Waals surface area contributed by atoms with Crippen molar-refractivity contribution in [3.8, 4) is 5.69 Å². The molecule has 0 saturated carbocycles. The first-order chi connectivity index (χ1) is 8.18. The Morgan fingerprint density at radius 1 is 1.47 bits per heavy atom. The minimum atomic E-state index is -1.12. The average molecular weight is 232 g/mol. The van der Waals surface area contributed by atoms with Crippen molar-refractivity contribution in [1.29, 1.82) is 0 Å². The number of hydrogen-bond donors (Lipinski definition) is 1. The zero-order valence-electron chi connectivity index (χ0n) is 8.75. The maximum Gasteiger partial charge on any atom is 0.328 e. The van der Waals surface area contributed by atoms with Gasteiger partial charge in [-0.05, 0) is 18.2 Å². The Kier molecular flexibility index (Phi) is 3.00. The number of nitrogens with zero attached hydrogens (tertiary/aromatic N) is 2. The molecule has 4 nitrogen and oxygen atoms in total. The first-order valence-electron chi connectivity index (χ1n) is 4.86. The summed E-state index contributed by atoms with van der Waals surface area (Å²) in [6.45, 7) is 0. The van der Waals surface area contributed by atoms with Gasteiger partial charge in [0.15, 0.2) is 0 Å². The highest BCUT2D eigenvalue weighted by Gasteiger charge is 2.07. The number of aromatic nitrogens is 2. The Morgan fingerprint density at radius 3 is 2.94 bits per heavy atom. The number of aliphatic carboxylic acids is 1. The Morgan fingerprint density at radius 2 is 2.29 bits per heavy atom. The molecule has 0 amide bonds. The van der Waals surface area contributed by atoms with Crippen LogP contribution in [0.1, 0.15) is 5.56 Å². The number of benzene rings is 1. The Bertz CT molecular complexity index is 562. The van der Waals surface area contributed by atoms with Crippen molar-refractivity contribution in [3.05, 3.63) is 54.4 Å². The molecule has 86 valence electrons. The molecule has 0 aliphatic rings. The molecular formula is C12H9FN2O2. The van der Waals surface area contributed by atoms with Crippen LogP contribution in [-0.4, -0.2) is 20.6 Å². The highest BCUT2D eigenvalue weighted by molar-refractivity contribution is 5.86. The summed E-state index contributed by atoms with van der Waals surface area (Å²) in [7, 11) is 0. The second kappa shape index (κ2) is 4.61. The summed E-state index contributed by atoms with van der Waals surface area (Å²) >= 11 is 0. The molecule has 1 aromatic heterocycles. The molecule has 0 fully saturated rings. The van der Waals surface area contributed by atoms with Crippen LogP contribution in [0.3, 0.4) is 0 Å². The first-order valence-corrected chi connectivity index (χ1v) is 4.86. The summed E-state index contributed by atoms with van der Waals surface area (Å²) in [5.41, 5.74) is 0.757. The molecule has 1 N–H and O–H groups in total. The van der Waals surface area contributed by atoms with E-state index in [4.69, 9.17) is 5.11 Å². The lowest BCUT2D eigenvalue weighted by molar-refractivity contribution is -0.131. The third-order valence-corrected chi connectivity index (χ3v) is 2.21. The molecule has 17 heavy (non-hydrogen) atoms. The molecule has 1 aromatic carbocycles. The quantitative estimate of drug-likeness (QED) is 0.824. The van der Waals surface area contributed by atoms with Gasteiger partial charge in [0.1, 0.15) is 5.82 Å². The van der Waals surface area contributed by atoms with Crippen LogP contribution in [-0.2, 0) is 4.79 Å². The maximum absolute atomic E-state index is 13.6. The van der Waals surface area contributed by atoms with Crippen molar-refractivity contribution in [1.82, 2.24) is 9.55 Å². The Hall–Kier alpha value is -2.43. The van der Waals surface area contributed by atoms with E-state index in [9.17, 15) is 9.18 Å². The molecule has 0 radical (unpaired) electrons. The van der Waals surface area contributed by atoms with E-state index in [0.29, 0.717) is 5.69 Å². The summed E-state index contributed by atoms with van der Waals surface area (Å²) < 4.78 is 15.2. The van der Waals surface area contributed by atoms with Gasteiger partial charge in [0.25, 0.3) is 0 Å². The minimum absolute atomic E-state index is 0.216. The van der Waals surface area contributed by atoms with Crippen LogP contribution < -0.4 is 0 Å². The van der Waals surface area contributed by atoms with Gasteiger partial charge in [0.2, 0.25) is 0 Å². The monoisotopic (exact) mass is 232 g/mol. The van der Waals surface area contributed by atoms with Crippen LogP contribution in [0.4, 0.5) is 4.39 Å². The molecular weight excluding hydrogens is 223 g/mol. The van der Waals surface area contributed by atoms with Crippen molar-refractivity contribution in [2.24, 2.45) is 0 Å². The summed E-state index contributed by atoms with van der Waals surface area (Å²) in [4.78, 5) is 14.3. The van der Waals surface area contributed by atoms with Gasteiger partial charge in [-0.3, -0.25) is 0 Å². The van der Waals surface area contributed by atoms with Crippen molar-refractivity contribution < 1.29 is 14.3 Å². The van der Waals surface area contributed by atoms with Gasteiger partial charge in [0.05, 0.1) is 12.0 Å². The lowest BCUT2D eigenvalue weighted by atomic mass is 10.1. The van der Waals surface area contributed by atoms with Crippen LogP contribution in [0.2, 0.25) is 0 Å². The number of hydrogen-bond acceptors (Lipinski definition) is 2. The van der Waals surface area contributed by atoms with Crippen LogP contribution in [0.15, 0.2) is 43.0 Å². The van der Waals surface area contributed by atoms with E-state index in [-0.39, 0.29) is 5.56 Å². The SMILES string of the molecule is O=C(O)/C=C/c1c(F)cccc1-n1ccnc1. The molecule has 0 spiro atoms. The molecule has 0 atom stereocenters. The summed E-state index contributed by atoms with van der Waals surface area (Å²) in [5, 5.41) is 8.56. The van der Waals surface area contributed by atoms with E-state index in [0.717, 1.165) is 6.08 Å². The van der Waals surface area contributed by atoms with Gasteiger partial charge < -0.3 is 9.67 Å². The Labute approximate surface area is 96.7 Å². The minimum Gasteiger partial charge on any atom is -0.478 e. The van der Waals surface area contributed by atoms with Gasteiger partial charge in [0, 0.05) is 24.0 Å². The Balaban J connectivity index is 2.53. The highest BCUT2D eigenvalue weighted by Crippen LogP contribution is 2.19. The number of rotatable bonds is 3. The van der Waals surface area contributed by atoms with Crippen LogP contribution in [0, 0.1) is 5.82 Å². The fourth-order valence-electron chi connectivity index (χ4n) is 1.47. The van der Waals surface area contributed by atoms with E-state index < -0.39 is 11.8 Å². The summed E-state index contributed by atoms with van der Waals surface area (Å²) in [6.07, 6.45) is 6.88. The zero-order chi connectivity index (χ0) is 12.3. The molecule has 2 aromatic rings. The number of carbonyl (C=O) groups is 1. The third-order valence-electron chi connectivity index (χ3n) is 2.21. The van der Waals surface area contributed by atoms with Crippen molar-refractivity contribution >= 4 is 12.0 Å².